The number of nitrogens with one attached hydrogen (secondary N) is 1. The highest BCUT2D eigenvalue weighted by Gasteiger charge is 2.05. The highest BCUT2D eigenvalue weighted by molar-refractivity contribution is 9.10. The van der Waals surface area contributed by atoms with Crippen molar-refractivity contribution in [3.8, 4) is 5.75 Å². The van der Waals surface area contributed by atoms with Gasteiger partial charge < -0.3 is 10.8 Å². The van der Waals surface area contributed by atoms with E-state index in [4.69, 9.17) is 5.73 Å². The minimum atomic E-state index is -0.305. The molecule has 104 valence electrons. The summed E-state index contributed by atoms with van der Waals surface area (Å²) >= 11 is 4.57. The predicted molar refractivity (Wildman–Crippen MR) is 81.8 cm³/mol. The number of thiazole rings is 1. The van der Waals surface area contributed by atoms with E-state index in [1.54, 1.807) is 17.5 Å². The molecule has 8 heteroatoms. The number of nitrogens with zero attached hydrogens (tertiary/aromatic N) is 2. The van der Waals surface area contributed by atoms with E-state index in [0.29, 0.717) is 16.4 Å². The lowest BCUT2D eigenvalue weighted by Crippen LogP contribution is -2.19. The molecule has 0 radical (unpaired) electrons. The van der Waals surface area contributed by atoms with Gasteiger partial charge in [0.2, 0.25) is 5.91 Å². The number of hydrazone groups is 1. The molecule has 0 atom stereocenters. The molecule has 0 saturated carbocycles. The Morgan fingerprint density at radius 1 is 1.60 bits per heavy atom. The number of aromatic nitrogens is 1. The third-order valence-electron chi connectivity index (χ3n) is 2.29. The van der Waals surface area contributed by atoms with Crippen LogP contribution in [-0.4, -0.2) is 22.2 Å². The van der Waals surface area contributed by atoms with Gasteiger partial charge in [0.15, 0.2) is 5.13 Å². The standard InChI is InChI=1S/C12H11BrN4O2S/c13-8-1-2-10(18)7(3-8)5-15-17-11(19)4-9-6-20-12(14)16-9/h1-3,5-6,18H,4H2,(H2,14,16)(H,17,19)/b15-5+. The van der Waals surface area contributed by atoms with Crippen LogP contribution in [-0.2, 0) is 11.2 Å². The summed E-state index contributed by atoms with van der Waals surface area (Å²) in [5, 5.41) is 15.5. The van der Waals surface area contributed by atoms with Gasteiger partial charge in [0.1, 0.15) is 5.75 Å². The van der Waals surface area contributed by atoms with Crippen molar-refractivity contribution >= 4 is 44.5 Å². The Bertz CT molecular complexity index is 657. The molecule has 1 amide bonds. The van der Waals surface area contributed by atoms with Crippen molar-refractivity contribution in [1.82, 2.24) is 10.4 Å². The molecule has 2 aromatic rings. The van der Waals surface area contributed by atoms with Crippen LogP contribution < -0.4 is 11.2 Å². The van der Waals surface area contributed by atoms with Crippen molar-refractivity contribution in [2.24, 2.45) is 5.10 Å². The average Bonchev–Trinajstić information content (AvgIpc) is 2.79. The van der Waals surface area contributed by atoms with Crippen molar-refractivity contribution in [1.29, 1.82) is 0 Å². The summed E-state index contributed by atoms with van der Waals surface area (Å²) in [5.74, 6) is -0.223. The van der Waals surface area contributed by atoms with Crippen LogP contribution in [0, 0.1) is 0 Å². The SMILES string of the molecule is Nc1nc(CC(=O)N/N=C/c2cc(Br)ccc2O)cs1. The van der Waals surface area contributed by atoms with E-state index >= 15 is 0 Å². The van der Waals surface area contributed by atoms with Gasteiger partial charge in [-0.3, -0.25) is 4.79 Å². The number of nitrogen functional groups attached to an aromatic ring is 1. The maximum absolute atomic E-state index is 11.6. The maximum Gasteiger partial charge on any atom is 0.246 e. The summed E-state index contributed by atoms with van der Waals surface area (Å²) in [7, 11) is 0. The Hall–Kier alpha value is -1.93. The fourth-order valence-corrected chi connectivity index (χ4v) is 2.35. The summed E-state index contributed by atoms with van der Waals surface area (Å²) in [6, 6.07) is 4.93. The Balaban J connectivity index is 1.92. The van der Waals surface area contributed by atoms with E-state index in [0.717, 1.165) is 4.47 Å². The molecule has 0 bridgehead atoms. The van der Waals surface area contributed by atoms with Gasteiger partial charge in [0, 0.05) is 15.4 Å². The van der Waals surface area contributed by atoms with Crippen LogP contribution in [0.1, 0.15) is 11.3 Å². The first-order chi connectivity index (χ1) is 9.54. The van der Waals surface area contributed by atoms with E-state index < -0.39 is 0 Å². The van der Waals surface area contributed by atoms with Crippen LogP contribution in [0.3, 0.4) is 0 Å². The van der Waals surface area contributed by atoms with E-state index in [2.05, 4.69) is 31.4 Å². The highest BCUT2D eigenvalue weighted by Crippen LogP contribution is 2.19. The molecule has 4 N–H and O–H groups in total. The zero-order valence-electron chi connectivity index (χ0n) is 10.2. The number of hydrogen-bond acceptors (Lipinski definition) is 6. The minimum absolute atomic E-state index is 0.0819. The molecule has 0 fully saturated rings. The molecule has 1 heterocycles. The normalized spacial score (nSPS) is 10.8. The fraction of sp³-hybridized carbons (Fsp3) is 0.0833. The van der Waals surface area contributed by atoms with Crippen LogP contribution in [0.15, 0.2) is 33.2 Å². The molecule has 0 unspecified atom stereocenters. The molecule has 1 aromatic carbocycles. The molecule has 1 aromatic heterocycles. The number of carbonyl (C=O) groups is 1. The molecule has 0 aliphatic heterocycles. The zero-order chi connectivity index (χ0) is 14.5. The molecular weight excluding hydrogens is 344 g/mol. The number of nitrogens with two attached hydrogens (primary N) is 1. The van der Waals surface area contributed by atoms with Crippen molar-refractivity contribution in [3.63, 3.8) is 0 Å². The van der Waals surface area contributed by atoms with Gasteiger partial charge in [-0.25, -0.2) is 10.4 Å². The van der Waals surface area contributed by atoms with Crippen LogP contribution >= 0.6 is 27.3 Å². The summed E-state index contributed by atoms with van der Waals surface area (Å²) in [6.45, 7) is 0. The Kier molecular flexibility index (Phi) is 4.70. The third-order valence-corrected chi connectivity index (χ3v) is 3.51. The van der Waals surface area contributed by atoms with Crippen molar-refractivity contribution < 1.29 is 9.90 Å². The number of carbonyl (C=O) groups excluding carboxylic acids is 1. The van der Waals surface area contributed by atoms with Gasteiger partial charge in [-0.15, -0.1) is 11.3 Å². The monoisotopic (exact) mass is 354 g/mol. The molecule has 0 aliphatic rings. The highest BCUT2D eigenvalue weighted by atomic mass is 79.9. The van der Waals surface area contributed by atoms with Crippen LogP contribution in [0.25, 0.3) is 0 Å². The first-order valence-corrected chi connectivity index (χ1v) is 7.22. The zero-order valence-corrected chi connectivity index (χ0v) is 12.6. The number of phenols is 1. The molecule has 2 rings (SSSR count). The molecule has 6 nitrogen and oxygen atoms in total. The number of aromatic hydroxyl groups is 1. The van der Waals surface area contributed by atoms with E-state index in [1.165, 1.54) is 23.6 Å². The summed E-state index contributed by atoms with van der Waals surface area (Å²) in [6.07, 6.45) is 1.48. The van der Waals surface area contributed by atoms with E-state index in [1.807, 2.05) is 0 Å². The number of amides is 1. The summed E-state index contributed by atoms with van der Waals surface area (Å²) in [4.78, 5) is 15.6. The quantitative estimate of drug-likeness (QED) is 0.576. The summed E-state index contributed by atoms with van der Waals surface area (Å²) in [5.41, 5.74) is 8.94. The first-order valence-electron chi connectivity index (χ1n) is 5.55. The molecule has 0 saturated heterocycles. The van der Waals surface area contributed by atoms with Crippen LogP contribution in [0.5, 0.6) is 5.75 Å². The topological polar surface area (TPSA) is 101 Å². The number of hydrogen-bond donors (Lipinski definition) is 3. The molecular formula is C12H11BrN4O2S. The number of benzene rings is 1. The fourth-order valence-electron chi connectivity index (χ4n) is 1.41. The van der Waals surface area contributed by atoms with Crippen molar-refractivity contribution in [2.45, 2.75) is 6.42 Å². The second-order valence-electron chi connectivity index (χ2n) is 3.85. The van der Waals surface area contributed by atoms with Gasteiger partial charge in [0.05, 0.1) is 18.3 Å². The lowest BCUT2D eigenvalue weighted by atomic mass is 10.2. The molecule has 20 heavy (non-hydrogen) atoms. The smallest absolute Gasteiger partial charge is 0.246 e. The van der Waals surface area contributed by atoms with Crippen LogP contribution in [0.2, 0.25) is 0 Å². The van der Waals surface area contributed by atoms with Gasteiger partial charge >= 0.3 is 0 Å². The lowest BCUT2D eigenvalue weighted by Gasteiger charge is -2.00. The Labute approximate surface area is 127 Å². The second-order valence-corrected chi connectivity index (χ2v) is 5.66. The molecule has 0 spiro atoms. The summed E-state index contributed by atoms with van der Waals surface area (Å²) < 4.78 is 0.807. The van der Waals surface area contributed by atoms with Gasteiger partial charge in [-0.1, -0.05) is 15.9 Å². The van der Waals surface area contributed by atoms with Gasteiger partial charge in [0.25, 0.3) is 0 Å². The Morgan fingerprint density at radius 2 is 2.40 bits per heavy atom. The average molecular weight is 355 g/mol. The largest absolute Gasteiger partial charge is 0.507 e. The van der Waals surface area contributed by atoms with Crippen LogP contribution in [0.4, 0.5) is 5.13 Å². The number of phenolic OH excluding ortho intramolecular Hbond substituents is 1. The molecule has 0 aliphatic carbocycles. The van der Waals surface area contributed by atoms with Crippen molar-refractivity contribution in [3.05, 3.63) is 39.3 Å². The minimum Gasteiger partial charge on any atom is -0.507 e. The Morgan fingerprint density at radius 3 is 3.10 bits per heavy atom. The number of anilines is 1. The lowest BCUT2D eigenvalue weighted by molar-refractivity contribution is -0.120. The van der Waals surface area contributed by atoms with E-state index in [-0.39, 0.29) is 18.1 Å². The maximum atomic E-state index is 11.6. The predicted octanol–water partition coefficient (Wildman–Crippen LogP) is 1.89. The second kappa shape index (κ2) is 6.49. The third kappa shape index (κ3) is 4.04. The number of rotatable bonds is 4. The van der Waals surface area contributed by atoms with Gasteiger partial charge in [-0.05, 0) is 18.2 Å². The van der Waals surface area contributed by atoms with Crippen molar-refractivity contribution in [2.75, 3.05) is 5.73 Å². The van der Waals surface area contributed by atoms with Gasteiger partial charge in [-0.2, -0.15) is 5.10 Å². The number of halogens is 1. The first kappa shape index (κ1) is 14.5. The van der Waals surface area contributed by atoms with E-state index in [9.17, 15) is 9.90 Å².